The van der Waals surface area contributed by atoms with Gasteiger partial charge in [-0.25, -0.2) is 10.4 Å². The number of carbonyl (C=O) groups is 2. The lowest BCUT2D eigenvalue weighted by Gasteiger charge is -2.00. The van der Waals surface area contributed by atoms with Gasteiger partial charge in [-0.05, 0) is 18.2 Å². The van der Waals surface area contributed by atoms with Crippen molar-refractivity contribution in [1.29, 1.82) is 0 Å². The van der Waals surface area contributed by atoms with Crippen molar-refractivity contribution in [1.82, 2.24) is 15.0 Å². The van der Waals surface area contributed by atoms with E-state index in [1.807, 2.05) is 48.5 Å². The van der Waals surface area contributed by atoms with Crippen LogP contribution >= 0.6 is 23.1 Å². The van der Waals surface area contributed by atoms with Gasteiger partial charge in [-0.1, -0.05) is 42.1 Å². The van der Waals surface area contributed by atoms with Gasteiger partial charge in [0.1, 0.15) is 6.54 Å². The van der Waals surface area contributed by atoms with Crippen LogP contribution in [0.4, 0.5) is 0 Å². The van der Waals surface area contributed by atoms with Crippen LogP contribution in [0.5, 0.6) is 0 Å². The monoisotopic (exact) mass is 423 g/mol. The van der Waals surface area contributed by atoms with Crippen molar-refractivity contribution >= 4 is 62.2 Å². The van der Waals surface area contributed by atoms with Gasteiger partial charge in [0.25, 0.3) is 5.91 Å². The van der Waals surface area contributed by atoms with Gasteiger partial charge in [0, 0.05) is 22.7 Å². The number of nitrogens with two attached hydrogens (primary N) is 1. The Hall–Kier alpha value is -3.17. The smallest absolute Gasteiger partial charge is 0.250 e. The highest BCUT2D eigenvalue weighted by Gasteiger charge is 2.09. The second-order valence-corrected chi connectivity index (χ2v) is 8.48. The van der Waals surface area contributed by atoms with Crippen LogP contribution in [0.25, 0.3) is 21.1 Å². The van der Waals surface area contributed by atoms with Crippen molar-refractivity contribution in [2.24, 2.45) is 10.8 Å². The zero-order chi connectivity index (χ0) is 20.2. The van der Waals surface area contributed by atoms with E-state index in [2.05, 4.69) is 15.5 Å². The fraction of sp³-hybridized carbons (Fsp3) is 0.100. The molecule has 0 aliphatic carbocycles. The quantitative estimate of drug-likeness (QED) is 0.271. The van der Waals surface area contributed by atoms with Crippen LogP contribution in [0, 0.1) is 0 Å². The Balaban J connectivity index is 1.39. The van der Waals surface area contributed by atoms with E-state index in [0.29, 0.717) is 0 Å². The van der Waals surface area contributed by atoms with E-state index in [0.717, 1.165) is 31.0 Å². The van der Waals surface area contributed by atoms with Crippen LogP contribution in [0.15, 0.2) is 64.2 Å². The molecule has 29 heavy (non-hydrogen) atoms. The average molecular weight is 424 g/mol. The number of aromatic nitrogens is 2. The molecule has 0 fully saturated rings. The van der Waals surface area contributed by atoms with Gasteiger partial charge in [-0.15, -0.1) is 11.3 Å². The standard InChI is InChI=1S/C20H17N5O2S2/c21-18(26)11-25-10-13(14-5-1-3-7-16(14)25)9-22-24-19(27)12-28-20-23-15-6-2-4-8-17(15)29-20/h1-10H,11-12H2,(H2,21,26)(H,24,27)/b22-9+. The summed E-state index contributed by atoms with van der Waals surface area (Å²) in [6, 6.07) is 15.5. The average Bonchev–Trinajstić information content (AvgIpc) is 3.28. The van der Waals surface area contributed by atoms with E-state index in [-0.39, 0.29) is 18.2 Å². The van der Waals surface area contributed by atoms with Gasteiger partial charge in [0.05, 0.1) is 22.2 Å². The number of thiazole rings is 1. The summed E-state index contributed by atoms with van der Waals surface area (Å²) < 4.78 is 3.71. The molecule has 2 amide bonds. The lowest BCUT2D eigenvalue weighted by atomic mass is 10.2. The first-order valence-electron chi connectivity index (χ1n) is 8.76. The van der Waals surface area contributed by atoms with Gasteiger partial charge in [-0.3, -0.25) is 9.59 Å². The molecule has 2 aromatic heterocycles. The van der Waals surface area contributed by atoms with Gasteiger partial charge in [-0.2, -0.15) is 5.10 Å². The van der Waals surface area contributed by atoms with Crippen LogP contribution in [0.3, 0.4) is 0 Å². The first-order chi connectivity index (χ1) is 14.1. The molecule has 4 rings (SSSR count). The number of para-hydroxylation sites is 2. The van der Waals surface area contributed by atoms with Crippen LogP contribution < -0.4 is 11.2 Å². The van der Waals surface area contributed by atoms with Crippen molar-refractivity contribution in [3.63, 3.8) is 0 Å². The number of hydrogen-bond donors (Lipinski definition) is 2. The minimum absolute atomic E-state index is 0.0829. The molecular formula is C20H17N5O2S2. The van der Waals surface area contributed by atoms with Crippen molar-refractivity contribution < 1.29 is 9.59 Å². The molecular weight excluding hydrogens is 406 g/mol. The van der Waals surface area contributed by atoms with Crippen LogP contribution in [0.1, 0.15) is 5.56 Å². The highest BCUT2D eigenvalue weighted by molar-refractivity contribution is 8.01. The molecule has 3 N–H and O–H groups in total. The second kappa shape index (κ2) is 8.46. The Labute approximate surface area is 174 Å². The third-order valence-corrected chi connectivity index (χ3v) is 6.32. The summed E-state index contributed by atoms with van der Waals surface area (Å²) in [4.78, 5) is 27.9. The Morgan fingerprint density at radius 3 is 2.83 bits per heavy atom. The molecule has 0 unspecified atom stereocenters. The normalized spacial score (nSPS) is 11.4. The molecule has 2 aromatic carbocycles. The molecule has 0 atom stereocenters. The number of nitrogens with one attached hydrogen (secondary N) is 1. The van der Waals surface area contributed by atoms with Crippen molar-refractivity contribution in [3.05, 3.63) is 60.3 Å². The van der Waals surface area contributed by atoms with Crippen LogP contribution in [0.2, 0.25) is 0 Å². The molecule has 7 nitrogen and oxygen atoms in total. The highest BCUT2D eigenvalue weighted by atomic mass is 32.2. The van der Waals surface area contributed by atoms with Crippen molar-refractivity contribution in [3.8, 4) is 0 Å². The van der Waals surface area contributed by atoms with Gasteiger partial charge in [0.15, 0.2) is 4.34 Å². The second-order valence-electron chi connectivity index (χ2n) is 6.23. The molecule has 2 heterocycles. The summed E-state index contributed by atoms with van der Waals surface area (Å²) in [7, 11) is 0. The molecule has 0 spiro atoms. The molecule has 0 saturated carbocycles. The minimum atomic E-state index is -0.422. The maximum absolute atomic E-state index is 12.1. The number of carbonyl (C=O) groups excluding carboxylic acids is 2. The Morgan fingerprint density at radius 2 is 2.00 bits per heavy atom. The van der Waals surface area contributed by atoms with E-state index in [1.165, 1.54) is 11.8 Å². The summed E-state index contributed by atoms with van der Waals surface area (Å²) in [6.07, 6.45) is 3.36. The highest BCUT2D eigenvalue weighted by Crippen LogP contribution is 2.29. The molecule has 146 valence electrons. The summed E-state index contributed by atoms with van der Waals surface area (Å²) in [5.41, 5.74) is 10.5. The molecule has 4 aromatic rings. The predicted molar refractivity (Wildman–Crippen MR) is 117 cm³/mol. The van der Waals surface area contributed by atoms with Gasteiger partial charge < -0.3 is 10.3 Å². The van der Waals surface area contributed by atoms with E-state index >= 15 is 0 Å². The van der Waals surface area contributed by atoms with E-state index in [4.69, 9.17) is 5.73 Å². The number of primary amides is 1. The Morgan fingerprint density at radius 1 is 1.21 bits per heavy atom. The van der Waals surface area contributed by atoms with Gasteiger partial charge >= 0.3 is 0 Å². The van der Waals surface area contributed by atoms with E-state index in [9.17, 15) is 9.59 Å². The molecule has 0 saturated heterocycles. The minimum Gasteiger partial charge on any atom is -0.368 e. The fourth-order valence-corrected chi connectivity index (χ4v) is 4.78. The summed E-state index contributed by atoms with van der Waals surface area (Å²) >= 11 is 2.94. The third-order valence-electron chi connectivity index (χ3n) is 4.14. The molecule has 0 aliphatic rings. The number of amides is 2. The van der Waals surface area contributed by atoms with E-state index < -0.39 is 5.91 Å². The fourth-order valence-electron chi connectivity index (χ4n) is 2.92. The number of thioether (sulfide) groups is 1. The number of hydrogen-bond acceptors (Lipinski definition) is 6. The summed E-state index contributed by atoms with van der Waals surface area (Å²) in [6.45, 7) is 0.0829. The van der Waals surface area contributed by atoms with Gasteiger partial charge in [0.2, 0.25) is 5.91 Å². The number of nitrogens with zero attached hydrogens (tertiary/aromatic N) is 3. The van der Waals surface area contributed by atoms with Crippen LogP contribution in [-0.4, -0.2) is 33.3 Å². The third kappa shape index (κ3) is 4.47. The Kier molecular flexibility index (Phi) is 5.59. The number of benzene rings is 2. The Bertz CT molecular complexity index is 1200. The predicted octanol–water partition coefficient (Wildman–Crippen LogP) is 2.98. The maximum atomic E-state index is 12.1. The molecule has 0 radical (unpaired) electrons. The SMILES string of the molecule is NC(=O)Cn1cc(/C=N/NC(=O)CSc2nc3ccccc3s2)c2ccccc21. The maximum Gasteiger partial charge on any atom is 0.250 e. The first-order valence-corrected chi connectivity index (χ1v) is 10.6. The largest absolute Gasteiger partial charge is 0.368 e. The zero-order valence-electron chi connectivity index (χ0n) is 15.2. The number of rotatable bonds is 7. The lowest BCUT2D eigenvalue weighted by Crippen LogP contribution is -2.19. The zero-order valence-corrected chi connectivity index (χ0v) is 16.9. The van der Waals surface area contributed by atoms with E-state index in [1.54, 1.807) is 28.3 Å². The van der Waals surface area contributed by atoms with Crippen molar-refractivity contribution in [2.45, 2.75) is 10.9 Å². The topological polar surface area (TPSA) is 102 Å². The molecule has 0 bridgehead atoms. The van der Waals surface area contributed by atoms with Crippen LogP contribution in [-0.2, 0) is 16.1 Å². The molecule has 9 heteroatoms. The summed E-state index contributed by atoms with van der Waals surface area (Å²) in [5.74, 6) is -0.415. The molecule has 0 aliphatic heterocycles. The first kappa shape index (κ1) is 19.2. The lowest BCUT2D eigenvalue weighted by molar-refractivity contribution is -0.119. The number of fused-ring (bicyclic) bond motifs is 2. The summed E-state index contributed by atoms with van der Waals surface area (Å²) in [5, 5.41) is 4.98. The van der Waals surface area contributed by atoms with Crippen molar-refractivity contribution in [2.75, 3.05) is 5.75 Å². The number of hydrazone groups is 1.